The van der Waals surface area contributed by atoms with E-state index >= 15 is 0 Å². The van der Waals surface area contributed by atoms with E-state index < -0.39 is 6.04 Å². The molecule has 0 aromatic rings. The largest absolute Gasteiger partial charge is 0.378 e. The van der Waals surface area contributed by atoms with E-state index in [1.54, 1.807) is 11.8 Å². The van der Waals surface area contributed by atoms with Gasteiger partial charge in [0.25, 0.3) is 0 Å². The van der Waals surface area contributed by atoms with E-state index in [4.69, 9.17) is 4.74 Å². The van der Waals surface area contributed by atoms with Gasteiger partial charge in [0.15, 0.2) is 0 Å². The van der Waals surface area contributed by atoms with Gasteiger partial charge in [-0.25, -0.2) is 4.79 Å². The summed E-state index contributed by atoms with van der Waals surface area (Å²) in [6, 6.07) is -0.453. The molecule has 108 valence electrons. The molecule has 2 aliphatic rings. The molecule has 0 spiro atoms. The minimum atomic E-state index is -0.487. The van der Waals surface area contributed by atoms with Crippen LogP contribution in [0.25, 0.3) is 0 Å². The number of rotatable bonds is 3. The molecule has 2 rings (SSSR count). The highest BCUT2D eigenvalue weighted by molar-refractivity contribution is 5.86. The molecule has 1 saturated heterocycles. The Morgan fingerprint density at radius 2 is 1.84 bits per heavy atom. The SMILES string of the molecule is CC(NC(=O)NC1CCCC1)C(=O)N1CCOCC1. The summed E-state index contributed by atoms with van der Waals surface area (Å²) >= 11 is 0. The lowest BCUT2D eigenvalue weighted by Crippen LogP contribution is -2.53. The molecule has 1 unspecified atom stereocenters. The van der Waals surface area contributed by atoms with Crippen molar-refractivity contribution in [3.63, 3.8) is 0 Å². The molecule has 1 aliphatic carbocycles. The van der Waals surface area contributed by atoms with Crippen LogP contribution in [0.3, 0.4) is 0 Å². The standard InChI is InChI=1S/C13H23N3O3/c1-10(12(17)16-6-8-19-9-7-16)14-13(18)15-11-4-2-3-5-11/h10-11H,2-9H2,1H3,(H2,14,15,18). The summed E-state index contributed by atoms with van der Waals surface area (Å²) in [5, 5.41) is 5.64. The minimum Gasteiger partial charge on any atom is -0.378 e. The third kappa shape index (κ3) is 4.09. The predicted molar refractivity (Wildman–Crippen MR) is 70.8 cm³/mol. The molecule has 0 bridgehead atoms. The monoisotopic (exact) mass is 269 g/mol. The fourth-order valence-corrected chi connectivity index (χ4v) is 2.61. The average molecular weight is 269 g/mol. The molecule has 19 heavy (non-hydrogen) atoms. The van der Waals surface area contributed by atoms with Crippen LogP contribution in [-0.2, 0) is 9.53 Å². The topological polar surface area (TPSA) is 70.7 Å². The van der Waals surface area contributed by atoms with Gasteiger partial charge in [0.05, 0.1) is 13.2 Å². The van der Waals surface area contributed by atoms with Crippen molar-refractivity contribution in [2.75, 3.05) is 26.3 Å². The summed E-state index contributed by atoms with van der Waals surface area (Å²) in [6.45, 7) is 4.09. The molecule has 6 heteroatoms. The van der Waals surface area contributed by atoms with Gasteiger partial charge in [0.1, 0.15) is 6.04 Å². The number of amides is 3. The van der Waals surface area contributed by atoms with Crippen LogP contribution in [0.1, 0.15) is 32.6 Å². The van der Waals surface area contributed by atoms with Crippen molar-refractivity contribution in [3.8, 4) is 0 Å². The summed E-state index contributed by atoms with van der Waals surface area (Å²) in [7, 11) is 0. The number of morpholine rings is 1. The molecular formula is C13H23N3O3. The first kappa shape index (κ1) is 14.1. The van der Waals surface area contributed by atoms with E-state index in [2.05, 4.69) is 10.6 Å². The van der Waals surface area contributed by atoms with Crippen molar-refractivity contribution in [2.45, 2.75) is 44.7 Å². The molecule has 0 radical (unpaired) electrons. The normalized spacial score (nSPS) is 22.1. The Morgan fingerprint density at radius 1 is 1.21 bits per heavy atom. The average Bonchev–Trinajstić information content (AvgIpc) is 2.91. The van der Waals surface area contributed by atoms with Gasteiger partial charge in [-0.2, -0.15) is 0 Å². The van der Waals surface area contributed by atoms with Crippen molar-refractivity contribution in [1.29, 1.82) is 0 Å². The number of nitrogens with one attached hydrogen (secondary N) is 2. The van der Waals surface area contributed by atoms with E-state index in [1.807, 2.05) is 0 Å². The Hall–Kier alpha value is -1.30. The molecular weight excluding hydrogens is 246 g/mol. The highest BCUT2D eigenvalue weighted by Crippen LogP contribution is 2.17. The van der Waals surface area contributed by atoms with Gasteiger partial charge in [-0.05, 0) is 19.8 Å². The first-order valence-corrected chi connectivity index (χ1v) is 7.10. The van der Waals surface area contributed by atoms with Gasteiger partial charge in [0.2, 0.25) is 5.91 Å². The molecule has 1 aliphatic heterocycles. The second-order valence-electron chi connectivity index (χ2n) is 5.26. The number of hydrogen-bond acceptors (Lipinski definition) is 3. The van der Waals surface area contributed by atoms with Gasteiger partial charge < -0.3 is 20.3 Å². The highest BCUT2D eigenvalue weighted by atomic mass is 16.5. The number of nitrogens with zero attached hydrogens (tertiary/aromatic N) is 1. The van der Waals surface area contributed by atoms with E-state index in [9.17, 15) is 9.59 Å². The number of carbonyl (C=O) groups is 2. The predicted octanol–water partition coefficient (Wildman–Crippen LogP) is 0.476. The maximum atomic E-state index is 12.1. The lowest BCUT2D eigenvalue weighted by Gasteiger charge is -2.29. The third-order valence-corrected chi connectivity index (χ3v) is 3.73. The summed E-state index contributed by atoms with van der Waals surface area (Å²) < 4.78 is 5.21. The summed E-state index contributed by atoms with van der Waals surface area (Å²) in [4.78, 5) is 25.6. The van der Waals surface area contributed by atoms with E-state index in [0.717, 1.165) is 12.8 Å². The second-order valence-corrected chi connectivity index (χ2v) is 5.26. The molecule has 2 fully saturated rings. The zero-order valence-electron chi connectivity index (χ0n) is 11.5. The van der Waals surface area contributed by atoms with Gasteiger partial charge in [-0.15, -0.1) is 0 Å². The molecule has 3 amide bonds. The first-order valence-electron chi connectivity index (χ1n) is 7.10. The number of hydrogen-bond donors (Lipinski definition) is 2. The van der Waals surface area contributed by atoms with Crippen LogP contribution in [0.2, 0.25) is 0 Å². The lowest BCUT2D eigenvalue weighted by atomic mass is 10.2. The third-order valence-electron chi connectivity index (χ3n) is 3.73. The second kappa shape index (κ2) is 6.75. The summed E-state index contributed by atoms with van der Waals surface area (Å²) in [6.07, 6.45) is 4.43. The maximum absolute atomic E-state index is 12.1. The van der Waals surface area contributed by atoms with Crippen molar-refractivity contribution in [3.05, 3.63) is 0 Å². The van der Waals surface area contributed by atoms with E-state index in [-0.39, 0.29) is 18.0 Å². The van der Waals surface area contributed by atoms with Crippen molar-refractivity contribution >= 4 is 11.9 Å². The molecule has 1 atom stereocenters. The molecule has 1 saturated carbocycles. The fraction of sp³-hybridized carbons (Fsp3) is 0.846. The molecule has 1 heterocycles. The molecule has 0 aromatic carbocycles. The van der Waals surface area contributed by atoms with Gasteiger partial charge in [0, 0.05) is 19.1 Å². The zero-order valence-corrected chi connectivity index (χ0v) is 11.5. The van der Waals surface area contributed by atoms with Crippen LogP contribution in [0, 0.1) is 0 Å². The van der Waals surface area contributed by atoms with Crippen LogP contribution in [0.4, 0.5) is 4.79 Å². The Balaban J connectivity index is 1.73. The highest BCUT2D eigenvalue weighted by Gasteiger charge is 2.24. The van der Waals surface area contributed by atoms with Gasteiger partial charge in [-0.1, -0.05) is 12.8 Å². The van der Waals surface area contributed by atoms with Crippen LogP contribution in [0.15, 0.2) is 0 Å². The first-order chi connectivity index (χ1) is 9.16. The number of urea groups is 1. The van der Waals surface area contributed by atoms with Gasteiger partial charge >= 0.3 is 6.03 Å². The Labute approximate surface area is 113 Å². The molecule has 2 N–H and O–H groups in total. The maximum Gasteiger partial charge on any atom is 0.315 e. The van der Waals surface area contributed by atoms with E-state index in [0.29, 0.717) is 26.3 Å². The van der Waals surface area contributed by atoms with Crippen LogP contribution in [-0.4, -0.2) is 55.2 Å². The Morgan fingerprint density at radius 3 is 2.47 bits per heavy atom. The van der Waals surface area contributed by atoms with Crippen LogP contribution in [0.5, 0.6) is 0 Å². The number of ether oxygens (including phenoxy) is 1. The van der Waals surface area contributed by atoms with Crippen molar-refractivity contribution in [2.24, 2.45) is 0 Å². The van der Waals surface area contributed by atoms with Crippen LogP contribution >= 0.6 is 0 Å². The fourth-order valence-electron chi connectivity index (χ4n) is 2.61. The zero-order chi connectivity index (χ0) is 13.7. The van der Waals surface area contributed by atoms with Crippen molar-refractivity contribution < 1.29 is 14.3 Å². The number of carbonyl (C=O) groups excluding carboxylic acids is 2. The summed E-state index contributed by atoms with van der Waals surface area (Å²) in [5.74, 6) is -0.0372. The minimum absolute atomic E-state index is 0.0372. The summed E-state index contributed by atoms with van der Waals surface area (Å²) in [5.41, 5.74) is 0. The van der Waals surface area contributed by atoms with Gasteiger partial charge in [-0.3, -0.25) is 4.79 Å². The quantitative estimate of drug-likeness (QED) is 0.782. The van der Waals surface area contributed by atoms with Crippen molar-refractivity contribution in [1.82, 2.24) is 15.5 Å². The van der Waals surface area contributed by atoms with E-state index in [1.165, 1.54) is 12.8 Å². The Bertz CT molecular complexity index is 323. The lowest BCUT2D eigenvalue weighted by molar-refractivity contribution is -0.136. The molecule has 0 aromatic heterocycles. The smallest absolute Gasteiger partial charge is 0.315 e. The molecule has 6 nitrogen and oxygen atoms in total. The van der Waals surface area contributed by atoms with Crippen LogP contribution < -0.4 is 10.6 Å². The Kier molecular flexibility index (Phi) is 5.01.